The summed E-state index contributed by atoms with van der Waals surface area (Å²) in [6, 6.07) is 23.4. The quantitative estimate of drug-likeness (QED) is 0.257. The van der Waals surface area contributed by atoms with Gasteiger partial charge in [0.2, 0.25) is 21.8 Å². The molecular weight excluding hydrogens is 602 g/mol. The first-order valence-electron chi connectivity index (χ1n) is 13.8. The summed E-state index contributed by atoms with van der Waals surface area (Å²) in [6.07, 6.45) is 1.39. The lowest BCUT2D eigenvalue weighted by molar-refractivity contribution is -0.140. The first-order chi connectivity index (χ1) is 19.4. The number of sulfonamides is 1. The minimum Gasteiger partial charge on any atom is -0.354 e. The Morgan fingerprint density at radius 2 is 1.46 bits per heavy atom. The van der Waals surface area contributed by atoms with Gasteiger partial charge in [-0.15, -0.1) is 0 Å². The van der Waals surface area contributed by atoms with Gasteiger partial charge in [0, 0.05) is 24.0 Å². The van der Waals surface area contributed by atoms with E-state index < -0.39 is 28.5 Å². The van der Waals surface area contributed by atoms with Crippen LogP contribution in [-0.4, -0.2) is 50.5 Å². The molecule has 3 aromatic carbocycles. The van der Waals surface area contributed by atoms with Gasteiger partial charge >= 0.3 is 0 Å². The van der Waals surface area contributed by atoms with Crippen LogP contribution in [0, 0.1) is 5.92 Å². The number of carbonyl (C=O) groups is 2. The summed E-state index contributed by atoms with van der Waals surface area (Å²) in [5, 5.41) is 3.00. The van der Waals surface area contributed by atoms with Gasteiger partial charge in [0.05, 0.1) is 11.9 Å². The highest BCUT2D eigenvalue weighted by molar-refractivity contribution is 9.10. The average molecular weight is 643 g/mol. The van der Waals surface area contributed by atoms with E-state index in [4.69, 9.17) is 0 Å². The summed E-state index contributed by atoms with van der Waals surface area (Å²) in [4.78, 5) is 29.4. The molecule has 0 aliphatic heterocycles. The lowest BCUT2D eigenvalue weighted by Gasteiger charge is -2.34. The summed E-state index contributed by atoms with van der Waals surface area (Å²) in [7, 11) is -3.83. The molecule has 1 N–H and O–H groups in total. The maximum absolute atomic E-state index is 14.2. The zero-order valence-corrected chi connectivity index (χ0v) is 26.8. The van der Waals surface area contributed by atoms with Gasteiger partial charge in [0.15, 0.2) is 0 Å². The molecule has 0 saturated heterocycles. The second-order valence-corrected chi connectivity index (χ2v) is 13.8. The molecule has 220 valence electrons. The Morgan fingerprint density at radius 1 is 0.854 bits per heavy atom. The van der Waals surface area contributed by atoms with Crippen LogP contribution < -0.4 is 9.62 Å². The van der Waals surface area contributed by atoms with Crippen LogP contribution in [0.25, 0.3) is 0 Å². The van der Waals surface area contributed by atoms with E-state index >= 15 is 0 Å². The van der Waals surface area contributed by atoms with E-state index in [0.717, 1.165) is 31.7 Å². The predicted molar refractivity (Wildman–Crippen MR) is 169 cm³/mol. The largest absolute Gasteiger partial charge is 0.354 e. The summed E-state index contributed by atoms with van der Waals surface area (Å²) in [5.74, 6) is -0.476. The van der Waals surface area contributed by atoms with Crippen molar-refractivity contribution in [2.75, 3.05) is 23.7 Å². The number of carbonyl (C=O) groups excluding carboxylic acids is 2. The SMILES string of the molecule is CC(C)CNC(=O)C(Cc1ccccc1)N(Cc1ccc(Br)cc1)C(=O)CN(c1ccccc1C(C)C)S(C)(=O)=O. The second kappa shape index (κ2) is 14.6. The standard InChI is InChI=1S/C32H40BrN3O4S/c1-23(2)20-34-32(38)30(19-25-11-7-6-8-12-25)35(21-26-15-17-27(33)18-16-26)31(37)22-36(41(5,39)40)29-14-10-9-13-28(29)24(3)4/h6-18,23-24,30H,19-22H2,1-5H3,(H,34,38). The third-order valence-electron chi connectivity index (χ3n) is 6.73. The van der Waals surface area contributed by atoms with Crippen LogP contribution in [-0.2, 0) is 32.6 Å². The van der Waals surface area contributed by atoms with Crippen molar-refractivity contribution in [2.24, 2.45) is 5.92 Å². The fourth-order valence-electron chi connectivity index (χ4n) is 4.56. The number of amides is 2. The van der Waals surface area contributed by atoms with Crippen molar-refractivity contribution in [3.63, 3.8) is 0 Å². The fourth-order valence-corrected chi connectivity index (χ4v) is 5.69. The average Bonchev–Trinajstić information content (AvgIpc) is 2.93. The van der Waals surface area contributed by atoms with Gasteiger partial charge in [-0.1, -0.05) is 104 Å². The second-order valence-electron chi connectivity index (χ2n) is 11.0. The summed E-state index contributed by atoms with van der Waals surface area (Å²) in [5.41, 5.74) is 3.01. The molecule has 1 atom stereocenters. The van der Waals surface area contributed by atoms with Crippen LogP contribution in [0.3, 0.4) is 0 Å². The highest BCUT2D eigenvalue weighted by atomic mass is 79.9. The summed E-state index contributed by atoms with van der Waals surface area (Å²) < 4.78 is 28.3. The van der Waals surface area contributed by atoms with E-state index in [1.165, 1.54) is 4.90 Å². The van der Waals surface area contributed by atoms with Crippen LogP contribution in [0.15, 0.2) is 83.3 Å². The molecule has 0 fully saturated rings. The molecule has 3 rings (SSSR count). The molecule has 7 nitrogen and oxygen atoms in total. The van der Waals surface area contributed by atoms with Crippen LogP contribution in [0.4, 0.5) is 5.69 Å². The molecule has 41 heavy (non-hydrogen) atoms. The molecule has 0 bridgehead atoms. The van der Waals surface area contributed by atoms with Crippen molar-refractivity contribution in [2.45, 2.75) is 52.6 Å². The molecule has 0 heterocycles. The molecule has 0 aromatic heterocycles. The van der Waals surface area contributed by atoms with Crippen LogP contribution in [0.2, 0.25) is 0 Å². The Morgan fingerprint density at radius 3 is 2.05 bits per heavy atom. The van der Waals surface area contributed by atoms with Gasteiger partial charge in [-0.25, -0.2) is 8.42 Å². The number of hydrogen-bond acceptors (Lipinski definition) is 4. The third-order valence-corrected chi connectivity index (χ3v) is 8.38. The zero-order chi connectivity index (χ0) is 30.2. The number of halogens is 1. The molecule has 0 aliphatic carbocycles. The van der Waals surface area contributed by atoms with E-state index in [1.54, 1.807) is 12.1 Å². The monoisotopic (exact) mass is 641 g/mol. The number of anilines is 1. The van der Waals surface area contributed by atoms with Crippen LogP contribution in [0.1, 0.15) is 50.3 Å². The van der Waals surface area contributed by atoms with Crippen molar-refractivity contribution in [1.29, 1.82) is 0 Å². The van der Waals surface area contributed by atoms with E-state index in [0.29, 0.717) is 12.2 Å². The van der Waals surface area contributed by atoms with Gasteiger partial charge in [0.25, 0.3) is 0 Å². The van der Waals surface area contributed by atoms with Gasteiger partial charge in [-0.2, -0.15) is 0 Å². The Bertz CT molecular complexity index is 1410. The van der Waals surface area contributed by atoms with Crippen LogP contribution in [0.5, 0.6) is 0 Å². The molecule has 1 unspecified atom stereocenters. The highest BCUT2D eigenvalue weighted by Crippen LogP contribution is 2.29. The minimum atomic E-state index is -3.83. The number of hydrogen-bond donors (Lipinski definition) is 1. The number of para-hydroxylation sites is 1. The van der Waals surface area contributed by atoms with Crippen molar-refractivity contribution in [1.82, 2.24) is 10.2 Å². The molecule has 0 radical (unpaired) electrons. The maximum atomic E-state index is 14.2. The predicted octanol–water partition coefficient (Wildman–Crippen LogP) is 5.75. The van der Waals surface area contributed by atoms with Crippen LogP contribution >= 0.6 is 15.9 Å². The third kappa shape index (κ3) is 9.43. The fraction of sp³-hybridized carbons (Fsp3) is 0.375. The number of nitrogens with zero attached hydrogens (tertiary/aromatic N) is 2. The first-order valence-corrected chi connectivity index (χ1v) is 16.4. The van der Waals surface area contributed by atoms with Gasteiger partial charge < -0.3 is 10.2 Å². The molecule has 0 aliphatic rings. The maximum Gasteiger partial charge on any atom is 0.244 e. The Balaban J connectivity index is 2.08. The van der Waals surface area contributed by atoms with Crippen molar-refractivity contribution in [3.05, 3.63) is 100 Å². The molecule has 2 amide bonds. The highest BCUT2D eigenvalue weighted by Gasteiger charge is 2.33. The first kappa shape index (κ1) is 32.3. The molecule has 0 saturated carbocycles. The molecule has 3 aromatic rings. The van der Waals surface area contributed by atoms with E-state index in [-0.39, 0.29) is 30.7 Å². The van der Waals surface area contributed by atoms with Crippen molar-refractivity contribution >= 4 is 43.5 Å². The van der Waals surface area contributed by atoms with Crippen molar-refractivity contribution < 1.29 is 18.0 Å². The zero-order valence-electron chi connectivity index (χ0n) is 24.4. The van der Waals surface area contributed by atoms with Gasteiger partial charge in [-0.3, -0.25) is 13.9 Å². The lowest BCUT2D eigenvalue weighted by Crippen LogP contribution is -2.53. The van der Waals surface area contributed by atoms with E-state index in [2.05, 4.69) is 21.2 Å². The summed E-state index contributed by atoms with van der Waals surface area (Å²) in [6.45, 7) is 8.15. The molecular formula is C32H40BrN3O4S. The summed E-state index contributed by atoms with van der Waals surface area (Å²) >= 11 is 3.45. The number of benzene rings is 3. The lowest BCUT2D eigenvalue weighted by atomic mass is 10.0. The number of rotatable bonds is 13. The molecule has 0 spiro atoms. The van der Waals surface area contributed by atoms with Gasteiger partial charge in [0.1, 0.15) is 12.6 Å². The normalized spacial score (nSPS) is 12.3. The molecule has 9 heteroatoms. The van der Waals surface area contributed by atoms with Gasteiger partial charge in [-0.05, 0) is 46.7 Å². The Labute approximate surface area is 253 Å². The smallest absolute Gasteiger partial charge is 0.244 e. The van der Waals surface area contributed by atoms with E-state index in [1.807, 2.05) is 94.4 Å². The van der Waals surface area contributed by atoms with Crippen molar-refractivity contribution in [3.8, 4) is 0 Å². The number of nitrogens with one attached hydrogen (secondary N) is 1. The topological polar surface area (TPSA) is 86.8 Å². The van der Waals surface area contributed by atoms with E-state index in [9.17, 15) is 18.0 Å². The minimum absolute atomic E-state index is 0.0389. The Kier molecular flexibility index (Phi) is 11.5. The Hall–Kier alpha value is -3.17.